The summed E-state index contributed by atoms with van der Waals surface area (Å²) in [6.07, 6.45) is -1.12. The Bertz CT molecular complexity index is 330. The predicted octanol–water partition coefficient (Wildman–Crippen LogP) is 1.51. The van der Waals surface area contributed by atoms with Gasteiger partial charge in [0.2, 0.25) is 0 Å². The number of nitrogens with two attached hydrogens (primary N) is 1. The van der Waals surface area contributed by atoms with Crippen molar-refractivity contribution in [3.05, 3.63) is 36.4 Å². The van der Waals surface area contributed by atoms with E-state index >= 15 is 0 Å². The Morgan fingerprint density at radius 1 is 1.38 bits per heavy atom. The molecule has 4 heteroatoms. The van der Waals surface area contributed by atoms with E-state index in [1.165, 1.54) is 0 Å². The number of nitrogens with one attached hydrogen (secondary N) is 1. The highest BCUT2D eigenvalue weighted by molar-refractivity contribution is 5.79. The van der Waals surface area contributed by atoms with Gasteiger partial charge in [0.1, 0.15) is 0 Å². The molecule has 0 aromatic heterocycles. The molecule has 1 aromatic rings. The molecule has 0 unspecified atom stereocenters. The molecule has 1 rings (SSSR count). The lowest BCUT2D eigenvalue weighted by Crippen LogP contribution is -2.18. The first-order valence-corrected chi connectivity index (χ1v) is 3.64. The molecule has 0 aliphatic rings. The van der Waals surface area contributed by atoms with E-state index < -0.39 is 6.09 Å². The molecule has 1 aromatic carbocycles. The first-order chi connectivity index (χ1) is 6.09. The van der Waals surface area contributed by atoms with E-state index in [0.717, 1.165) is 0 Å². The van der Waals surface area contributed by atoms with Gasteiger partial charge in [0.05, 0.1) is 0 Å². The third-order valence-electron chi connectivity index (χ3n) is 1.52. The molecule has 1 amide bonds. The van der Waals surface area contributed by atoms with Crippen molar-refractivity contribution < 1.29 is 9.90 Å². The third-order valence-corrected chi connectivity index (χ3v) is 1.52. The smallest absolute Gasteiger partial charge is 0.409 e. The molecule has 0 saturated heterocycles. The Labute approximate surface area is 75.7 Å². The van der Waals surface area contributed by atoms with Crippen molar-refractivity contribution in [1.82, 2.24) is 5.32 Å². The molecule has 0 aliphatic heterocycles. The van der Waals surface area contributed by atoms with Gasteiger partial charge >= 0.3 is 6.09 Å². The highest BCUT2D eigenvalue weighted by atomic mass is 16.4. The zero-order valence-electron chi connectivity index (χ0n) is 6.95. The van der Waals surface area contributed by atoms with Crippen LogP contribution in [0.4, 0.5) is 10.5 Å². The van der Waals surface area contributed by atoms with E-state index in [0.29, 0.717) is 16.9 Å². The van der Waals surface area contributed by atoms with Crippen molar-refractivity contribution in [2.24, 2.45) is 0 Å². The largest absolute Gasteiger partial charge is 0.465 e. The lowest BCUT2D eigenvalue weighted by atomic mass is 10.1. The molecule has 0 aliphatic carbocycles. The van der Waals surface area contributed by atoms with Crippen molar-refractivity contribution in [2.75, 3.05) is 5.73 Å². The lowest BCUT2D eigenvalue weighted by Gasteiger charge is -2.04. The number of carboxylic acid groups (broad SMARTS) is 1. The quantitative estimate of drug-likeness (QED) is 0.601. The van der Waals surface area contributed by atoms with E-state index in [1.54, 1.807) is 24.3 Å². The second-order valence-electron chi connectivity index (χ2n) is 2.53. The number of amides is 1. The molecule has 0 saturated carbocycles. The van der Waals surface area contributed by atoms with Crippen LogP contribution in [0.25, 0.3) is 5.70 Å². The average Bonchev–Trinajstić information content (AvgIpc) is 2.04. The molecule has 4 nitrogen and oxygen atoms in total. The second kappa shape index (κ2) is 3.62. The van der Waals surface area contributed by atoms with Crippen molar-refractivity contribution in [3.8, 4) is 0 Å². The van der Waals surface area contributed by atoms with Crippen LogP contribution >= 0.6 is 0 Å². The topological polar surface area (TPSA) is 75.3 Å². The summed E-state index contributed by atoms with van der Waals surface area (Å²) in [7, 11) is 0. The van der Waals surface area contributed by atoms with Gasteiger partial charge in [-0.05, 0) is 17.7 Å². The third kappa shape index (κ3) is 2.52. The predicted molar refractivity (Wildman–Crippen MR) is 51.0 cm³/mol. The van der Waals surface area contributed by atoms with Crippen LogP contribution in [0, 0.1) is 0 Å². The summed E-state index contributed by atoms with van der Waals surface area (Å²) in [5.74, 6) is 0. The molecular weight excluding hydrogens is 168 g/mol. The van der Waals surface area contributed by atoms with Crippen LogP contribution in [-0.4, -0.2) is 11.2 Å². The maximum atomic E-state index is 10.3. The van der Waals surface area contributed by atoms with Crippen LogP contribution < -0.4 is 11.1 Å². The number of nitrogen functional groups attached to an aromatic ring is 1. The van der Waals surface area contributed by atoms with Crippen LogP contribution in [0.1, 0.15) is 5.56 Å². The van der Waals surface area contributed by atoms with Crippen LogP contribution in [0.2, 0.25) is 0 Å². The van der Waals surface area contributed by atoms with Gasteiger partial charge in [-0.3, -0.25) is 5.32 Å². The SMILES string of the molecule is C=C(NC(=O)O)c1ccc(N)cc1. The summed E-state index contributed by atoms with van der Waals surface area (Å²) in [6.45, 7) is 3.56. The molecule has 0 heterocycles. The summed E-state index contributed by atoms with van der Waals surface area (Å²) in [5.41, 5.74) is 7.14. The Kier molecular flexibility index (Phi) is 2.54. The molecule has 0 fully saturated rings. The summed E-state index contributed by atoms with van der Waals surface area (Å²) in [5, 5.41) is 10.6. The van der Waals surface area contributed by atoms with E-state index in [9.17, 15) is 4.79 Å². The minimum atomic E-state index is -1.12. The normalized spacial score (nSPS) is 9.23. The second-order valence-corrected chi connectivity index (χ2v) is 2.53. The van der Waals surface area contributed by atoms with Crippen molar-refractivity contribution in [3.63, 3.8) is 0 Å². The fourth-order valence-electron chi connectivity index (χ4n) is 0.886. The highest BCUT2D eigenvalue weighted by Crippen LogP contribution is 2.11. The Morgan fingerprint density at radius 2 is 1.92 bits per heavy atom. The van der Waals surface area contributed by atoms with Crippen LogP contribution in [0.3, 0.4) is 0 Å². The van der Waals surface area contributed by atoms with Crippen molar-refractivity contribution in [2.45, 2.75) is 0 Å². The zero-order chi connectivity index (χ0) is 9.84. The molecule has 0 radical (unpaired) electrons. The van der Waals surface area contributed by atoms with Crippen LogP contribution in [0.5, 0.6) is 0 Å². The van der Waals surface area contributed by atoms with Gasteiger partial charge in [0.15, 0.2) is 0 Å². The van der Waals surface area contributed by atoms with E-state index in [4.69, 9.17) is 10.8 Å². The minimum Gasteiger partial charge on any atom is -0.465 e. The summed E-state index contributed by atoms with van der Waals surface area (Å²) in [4.78, 5) is 10.3. The van der Waals surface area contributed by atoms with Gasteiger partial charge in [-0.15, -0.1) is 0 Å². The fraction of sp³-hybridized carbons (Fsp3) is 0. The monoisotopic (exact) mass is 178 g/mol. The van der Waals surface area contributed by atoms with Gasteiger partial charge < -0.3 is 10.8 Å². The van der Waals surface area contributed by atoms with E-state index in [1.807, 2.05) is 0 Å². The lowest BCUT2D eigenvalue weighted by molar-refractivity contribution is 0.199. The highest BCUT2D eigenvalue weighted by Gasteiger charge is 2.00. The van der Waals surface area contributed by atoms with Gasteiger partial charge in [-0.1, -0.05) is 18.7 Å². The maximum absolute atomic E-state index is 10.3. The van der Waals surface area contributed by atoms with Crippen LogP contribution in [-0.2, 0) is 0 Å². The Balaban J connectivity index is 2.78. The van der Waals surface area contributed by atoms with Gasteiger partial charge in [0.25, 0.3) is 0 Å². The summed E-state index contributed by atoms with van der Waals surface area (Å²) in [6, 6.07) is 6.77. The van der Waals surface area contributed by atoms with Gasteiger partial charge in [-0.2, -0.15) is 0 Å². The molecule has 0 atom stereocenters. The summed E-state index contributed by atoms with van der Waals surface area (Å²) >= 11 is 0. The standard InChI is InChI=1S/C9H10N2O2/c1-6(11-9(12)13)7-2-4-8(10)5-3-7/h2-5,11H,1,10H2,(H,12,13). The van der Waals surface area contributed by atoms with E-state index in [-0.39, 0.29) is 0 Å². The van der Waals surface area contributed by atoms with Crippen LogP contribution in [0.15, 0.2) is 30.8 Å². The molecule has 4 N–H and O–H groups in total. The van der Waals surface area contributed by atoms with E-state index in [2.05, 4.69) is 11.9 Å². The Morgan fingerprint density at radius 3 is 2.38 bits per heavy atom. The number of hydrogen-bond donors (Lipinski definition) is 3. The number of anilines is 1. The first-order valence-electron chi connectivity index (χ1n) is 3.64. The molecule has 68 valence electrons. The van der Waals surface area contributed by atoms with Gasteiger partial charge in [-0.25, -0.2) is 4.79 Å². The van der Waals surface area contributed by atoms with Gasteiger partial charge in [0, 0.05) is 11.4 Å². The number of hydrogen-bond acceptors (Lipinski definition) is 2. The first kappa shape index (κ1) is 9.12. The number of carbonyl (C=O) groups is 1. The number of benzene rings is 1. The number of rotatable bonds is 2. The Hall–Kier alpha value is -1.97. The summed E-state index contributed by atoms with van der Waals surface area (Å²) < 4.78 is 0. The average molecular weight is 178 g/mol. The molecule has 13 heavy (non-hydrogen) atoms. The minimum absolute atomic E-state index is 0.340. The maximum Gasteiger partial charge on any atom is 0.409 e. The molecular formula is C9H10N2O2. The zero-order valence-corrected chi connectivity index (χ0v) is 6.95. The molecule has 0 spiro atoms. The molecule has 0 bridgehead atoms. The fourth-order valence-corrected chi connectivity index (χ4v) is 0.886. The van der Waals surface area contributed by atoms with Crippen molar-refractivity contribution >= 4 is 17.5 Å². The van der Waals surface area contributed by atoms with Crippen molar-refractivity contribution in [1.29, 1.82) is 0 Å².